The number of aliphatic imine (C=N–C) groups is 1. The lowest BCUT2D eigenvalue weighted by molar-refractivity contribution is -0.133. The Kier molecular flexibility index (Phi) is 14.6. The van der Waals surface area contributed by atoms with Gasteiger partial charge in [0, 0.05) is 38.3 Å². The van der Waals surface area contributed by atoms with Crippen LogP contribution in [0.1, 0.15) is 32.6 Å². The highest BCUT2D eigenvalue weighted by molar-refractivity contribution is 6.02. The van der Waals surface area contributed by atoms with Gasteiger partial charge in [-0.3, -0.25) is 33.8 Å². The number of hydrogen-bond acceptors (Lipinski definition) is 13. The first kappa shape index (κ1) is 37.2. The van der Waals surface area contributed by atoms with Gasteiger partial charge in [0.25, 0.3) is 5.91 Å². The van der Waals surface area contributed by atoms with Crippen LogP contribution in [0.25, 0.3) is 0 Å². The van der Waals surface area contributed by atoms with Gasteiger partial charge in [-0.15, -0.1) is 0 Å². The van der Waals surface area contributed by atoms with E-state index in [2.05, 4.69) is 47.5 Å². The van der Waals surface area contributed by atoms with Crippen LogP contribution in [0, 0.1) is 0 Å². The lowest BCUT2D eigenvalue weighted by Gasteiger charge is -2.31. The molecule has 0 spiro atoms. The average Bonchev–Trinajstić information content (AvgIpc) is 3.00. The Hall–Kier alpha value is -5.02. The number of nitrogens with zero attached hydrogens (tertiary/aromatic N) is 1. The quantitative estimate of drug-likeness (QED) is 0.103. The summed E-state index contributed by atoms with van der Waals surface area (Å²) in [5, 5.41) is 19.4. The number of guanidine groups is 1. The second-order valence-corrected chi connectivity index (χ2v) is 10.7. The molecule has 21 heteroatoms. The molecule has 8 amide bonds. The van der Waals surface area contributed by atoms with Gasteiger partial charge in [-0.1, -0.05) is 0 Å². The number of primary amides is 1. The molecule has 0 aromatic carbocycles. The molecule has 2 aliphatic rings. The number of carbonyl (C=O) groups excluding carboxylic acids is 7. The fraction of sp³-hybridized carbons (Fsp3) is 0.600. The van der Waals surface area contributed by atoms with E-state index in [1.165, 1.54) is 6.92 Å². The van der Waals surface area contributed by atoms with Gasteiger partial charge in [0.15, 0.2) is 5.96 Å². The van der Waals surface area contributed by atoms with Gasteiger partial charge in [-0.05, 0) is 32.7 Å². The van der Waals surface area contributed by atoms with E-state index in [0.717, 1.165) is 6.20 Å². The van der Waals surface area contributed by atoms with Gasteiger partial charge in [0.2, 0.25) is 29.5 Å². The fourth-order valence-corrected chi connectivity index (χ4v) is 4.28. The molecular formula is C25H44N14O7. The standard InChI is InChI=1S/C25H44N14O7/c1-11-19(41)36-15(9-32-17(40)7-12(27)3-2-5-26)21(43)37-16(10-34-25(30)46)22(44)39-18(14-4-6-31-24(29)38-14)23(45)33-8-13(28)20(42)35-11/h10-15,18H,2-9,26-28H2,1H3,(H,32,40)(H,33,45)(H,35,42)(H,36,41)(H,37,43)(H,39,44)(H3,29,31,38)(H3,30,34,46)/b16-10-/t11-,12+,13+,14-,15+,18-/m0/s1. The molecule has 1 saturated heterocycles. The highest BCUT2D eigenvalue weighted by Gasteiger charge is 2.34. The summed E-state index contributed by atoms with van der Waals surface area (Å²) in [7, 11) is 0. The van der Waals surface area contributed by atoms with Crippen molar-refractivity contribution in [3.63, 3.8) is 0 Å². The van der Waals surface area contributed by atoms with Crippen molar-refractivity contribution in [2.45, 2.75) is 68.9 Å². The zero-order chi connectivity index (χ0) is 34.4. The van der Waals surface area contributed by atoms with Crippen molar-refractivity contribution in [1.29, 1.82) is 0 Å². The predicted molar refractivity (Wildman–Crippen MR) is 163 cm³/mol. The molecule has 2 heterocycles. The Labute approximate surface area is 264 Å². The Balaban J connectivity index is 2.42. The molecule has 256 valence electrons. The maximum absolute atomic E-state index is 13.4. The molecule has 46 heavy (non-hydrogen) atoms. The van der Waals surface area contributed by atoms with Crippen LogP contribution in [0.15, 0.2) is 16.9 Å². The molecule has 2 rings (SSSR count). The zero-order valence-corrected chi connectivity index (χ0v) is 25.4. The van der Waals surface area contributed by atoms with E-state index in [4.69, 9.17) is 28.7 Å². The lowest BCUT2D eigenvalue weighted by atomic mass is 10.0. The molecular weight excluding hydrogens is 608 g/mol. The summed E-state index contributed by atoms with van der Waals surface area (Å²) in [6.07, 6.45) is 2.01. The van der Waals surface area contributed by atoms with E-state index in [1.807, 2.05) is 0 Å². The third-order valence-corrected chi connectivity index (χ3v) is 6.84. The molecule has 0 aromatic heterocycles. The first-order chi connectivity index (χ1) is 21.7. The molecule has 0 bridgehead atoms. The van der Waals surface area contributed by atoms with Crippen LogP contribution in [-0.2, 0) is 28.8 Å². The van der Waals surface area contributed by atoms with Crippen molar-refractivity contribution in [2.75, 3.05) is 26.2 Å². The van der Waals surface area contributed by atoms with Crippen LogP contribution in [0.2, 0.25) is 0 Å². The molecule has 0 radical (unpaired) electrons. The number of amides is 8. The predicted octanol–water partition coefficient (Wildman–Crippen LogP) is -7.21. The second-order valence-electron chi connectivity index (χ2n) is 10.7. The van der Waals surface area contributed by atoms with Crippen molar-refractivity contribution in [3.05, 3.63) is 11.9 Å². The summed E-state index contributed by atoms with van der Waals surface area (Å²) in [6.45, 7) is 1.08. The molecule has 6 atom stereocenters. The average molecular weight is 653 g/mol. The minimum Gasteiger partial charge on any atom is -0.370 e. The van der Waals surface area contributed by atoms with Crippen LogP contribution < -0.4 is 71.2 Å². The molecule has 0 aromatic rings. The minimum absolute atomic E-state index is 0.0101. The summed E-state index contributed by atoms with van der Waals surface area (Å²) >= 11 is 0. The van der Waals surface area contributed by atoms with Crippen LogP contribution >= 0.6 is 0 Å². The normalized spacial score (nSPS) is 26.6. The molecule has 21 nitrogen and oxygen atoms in total. The smallest absolute Gasteiger partial charge is 0.316 e. The summed E-state index contributed by atoms with van der Waals surface area (Å²) in [5.41, 5.74) is 27.7. The van der Waals surface area contributed by atoms with Crippen molar-refractivity contribution in [2.24, 2.45) is 33.7 Å². The molecule has 0 aliphatic carbocycles. The maximum Gasteiger partial charge on any atom is 0.316 e. The van der Waals surface area contributed by atoms with E-state index in [1.54, 1.807) is 0 Å². The van der Waals surface area contributed by atoms with Gasteiger partial charge in [0.1, 0.15) is 29.9 Å². The number of carbonyl (C=O) groups is 7. The summed E-state index contributed by atoms with van der Waals surface area (Å²) in [4.78, 5) is 93.7. The van der Waals surface area contributed by atoms with E-state index in [9.17, 15) is 33.6 Å². The number of nitrogens with two attached hydrogens (primary N) is 5. The summed E-state index contributed by atoms with van der Waals surface area (Å²) < 4.78 is 0. The van der Waals surface area contributed by atoms with Gasteiger partial charge < -0.3 is 71.2 Å². The number of hydrogen-bond donors (Lipinski definition) is 13. The van der Waals surface area contributed by atoms with Gasteiger partial charge >= 0.3 is 6.03 Å². The maximum atomic E-state index is 13.4. The molecule has 0 saturated carbocycles. The minimum atomic E-state index is -1.52. The van der Waals surface area contributed by atoms with Crippen molar-refractivity contribution < 1.29 is 33.6 Å². The Bertz CT molecular complexity index is 1230. The third-order valence-electron chi connectivity index (χ3n) is 6.84. The SMILES string of the molecule is C[C@@H]1NC(=O)[C@H](N)CNC(=O)[C@H]([C@@H]2CCN=C(N)N2)NC(=O)/C(=C/NC(N)=O)NC(=O)[C@@H](CNC(=O)C[C@H](N)CCCN)NC1=O. The molecule has 1 fully saturated rings. The second kappa shape index (κ2) is 18.1. The Morgan fingerprint density at radius 2 is 1.76 bits per heavy atom. The molecule has 18 N–H and O–H groups in total. The van der Waals surface area contributed by atoms with Gasteiger partial charge in [0.05, 0.1) is 6.04 Å². The summed E-state index contributed by atoms with van der Waals surface area (Å²) in [6, 6.07) is -7.79. The highest BCUT2D eigenvalue weighted by atomic mass is 16.2. The van der Waals surface area contributed by atoms with Crippen molar-refractivity contribution in [1.82, 2.24) is 42.5 Å². The van der Waals surface area contributed by atoms with Crippen LogP contribution in [-0.4, -0.2) is 110 Å². The third kappa shape index (κ3) is 12.2. The van der Waals surface area contributed by atoms with Gasteiger partial charge in [-0.2, -0.15) is 0 Å². The monoisotopic (exact) mass is 652 g/mol. The van der Waals surface area contributed by atoms with E-state index in [-0.39, 0.29) is 31.9 Å². The van der Waals surface area contributed by atoms with Crippen molar-refractivity contribution in [3.8, 4) is 0 Å². The van der Waals surface area contributed by atoms with Crippen LogP contribution in [0.3, 0.4) is 0 Å². The number of nitrogens with one attached hydrogen (secondary N) is 8. The lowest BCUT2D eigenvalue weighted by Crippen LogP contribution is -2.63. The van der Waals surface area contributed by atoms with Crippen LogP contribution in [0.4, 0.5) is 4.79 Å². The fourth-order valence-electron chi connectivity index (χ4n) is 4.28. The number of rotatable bonds is 9. The van der Waals surface area contributed by atoms with Crippen molar-refractivity contribution >= 4 is 47.4 Å². The van der Waals surface area contributed by atoms with Gasteiger partial charge in [-0.25, -0.2) is 4.79 Å². The summed E-state index contributed by atoms with van der Waals surface area (Å²) in [5.74, 6) is -5.04. The first-order valence-corrected chi connectivity index (χ1v) is 14.5. The van der Waals surface area contributed by atoms with Crippen LogP contribution in [0.5, 0.6) is 0 Å². The Morgan fingerprint density at radius 3 is 2.41 bits per heavy atom. The van der Waals surface area contributed by atoms with E-state index >= 15 is 0 Å². The highest BCUT2D eigenvalue weighted by Crippen LogP contribution is 2.07. The molecule has 2 aliphatic heterocycles. The first-order valence-electron chi connectivity index (χ1n) is 14.5. The topological polar surface area (TPSA) is 358 Å². The Morgan fingerprint density at radius 1 is 1.04 bits per heavy atom. The van der Waals surface area contributed by atoms with E-state index < -0.39 is 90.0 Å². The largest absolute Gasteiger partial charge is 0.370 e. The van der Waals surface area contributed by atoms with E-state index in [0.29, 0.717) is 19.4 Å². The zero-order valence-electron chi connectivity index (χ0n) is 25.4. The number of urea groups is 1. The molecule has 0 unspecified atom stereocenters.